The zero-order chi connectivity index (χ0) is 23.4. The summed E-state index contributed by atoms with van der Waals surface area (Å²) in [6, 6.07) is 10.1. The maximum absolute atomic E-state index is 12.8. The third-order valence-electron chi connectivity index (χ3n) is 5.90. The Balaban J connectivity index is 1.77. The van der Waals surface area contributed by atoms with Crippen molar-refractivity contribution in [3.05, 3.63) is 53.8 Å². The number of carbonyl (C=O) groups is 1. The van der Waals surface area contributed by atoms with Crippen molar-refractivity contribution in [2.45, 2.75) is 27.7 Å². The number of fused-ring (bicyclic) bond motifs is 1. The predicted octanol–water partition coefficient (Wildman–Crippen LogP) is 5.47. The molecule has 0 radical (unpaired) electrons. The predicted molar refractivity (Wildman–Crippen MR) is 130 cm³/mol. The Kier molecular flexibility index (Phi) is 7.04. The molecule has 6 heteroatoms. The fourth-order valence-corrected chi connectivity index (χ4v) is 4.20. The highest BCUT2D eigenvalue weighted by Crippen LogP contribution is 2.41. The van der Waals surface area contributed by atoms with Gasteiger partial charge in [-0.15, -0.1) is 0 Å². The minimum Gasteiger partial charge on any atom is -0.494 e. The van der Waals surface area contributed by atoms with Crippen LogP contribution in [0.25, 0.3) is 27.7 Å². The summed E-state index contributed by atoms with van der Waals surface area (Å²) in [7, 11) is 0. The standard InChI is InChI=1S/C27H31NO5/c1-5-31-21-9-7-20(8-10-21)24-17-33-27-19(4)26(32-6-2)22(16-23(24)27)18(3)15-25(29)28-11-13-30-14-12-28/h7-10,15-17H,5-6,11-14H2,1-4H3/b18-15+. The van der Waals surface area contributed by atoms with Crippen molar-refractivity contribution in [3.63, 3.8) is 0 Å². The molecule has 1 fully saturated rings. The molecule has 1 aliphatic heterocycles. The van der Waals surface area contributed by atoms with Crippen LogP contribution in [0.4, 0.5) is 0 Å². The third kappa shape index (κ3) is 4.76. The van der Waals surface area contributed by atoms with Crippen LogP contribution in [0.2, 0.25) is 0 Å². The average molecular weight is 450 g/mol. The number of carbonyl (C=O) groups excluding carboxylic acids is 1. The number of furan rings is 1. The van der Waals surface area contributed by atoms with Crippen molar-refractivity contribution in [1.82, 2.24) is 4.90 Å². The van der Waals surface area contributed by atoms with E-state index < -0.39 is 0 Å². The van der Waals surface area contributed by atoms with Gasteiger partial charge in [0.05, 0.1) is 32.7 Å². The van der Waals surface area contributed by atoms with Crippen molar-refractivity contribution in [2.75, 3.05) is 39.5 Å². The van der Waals surface area contributed by atoms with E-state index >= 15 is 0 Å². The second-order valence-electron chi connectivity index (χ2n) is 8.06. The molecule has 33 heavy (non-hydrogen) atoms. The van der Waals surface area contributed by atoms with E-state index in [-0.39, 0.29) is 5.91 Å². The van der Waals surface area contributed by atoms with Crippen LogP contribution in [0.15, 0.2) is 47.1 Å². The molecule has 0 spiro atoms. The summed E-state index contributed by atoms with van der Waals surface area (Å²) in [6.07, 6.45) is 3.48. The summed E-state index contributed by atoms with van der Waals surface area (Å²) < 4.78 is 23.0. The molecule has 1 aliphatic rings. The third-order valence-corrected chi connectivity index (χ3v) is 5.90. The lowest BCUT2D eigenvalue weighted by Gasteiger charge is -2.26. The molecule has 1 saturated heterocycles. The van der Waals surface area contributed by atoms with Gasteiger partial charge in [-0.05, 0) is 57.0 Å². The van der Waals surface area contributed by atoms with E-state index in [0.29, 0.717) is 39.5 Å². The van der Waals surface area contributed by atoms with Crippen molar-refractivity contribution < 1.29 is 23.4 Å². The van der Waals surface area contributed by atoms with E-state index in [0.717, 1.165) is 50.3 Å². The zero-order valence-electron chi connectivity index (χ0n) is 19.8. The van der Waals surface area contributed by atoms with Crippen molar-refractivity contribution >= 4 is 22.4 Å². The van der Waals surface area contributed by atoms with Gasteiger partial charge in [-0.25, -0.2) is 0 Å². The number of hydrogen-bond acceptors (Lipinski definition) is 5. The molecule has 3 aromatic rings. The zero-order valence-corrected chi connectivity index (χ0v) is 19.8. The summed E-state index contributed by atoms with van der Waals surface area (Å²) >= 11 is 0. The van der Waals surface area contributed by atoms with Crippen LogP contribution in [-0.2, 0) is 9.53 Å². The molecular weight excluding hydrogens is 418 g/mol. The second kappa shape index (κ2) is 10.1. The van der Waals surface area contributed by atoms with Gasteiger partial charge in [0.25, 0.3) is 0 Å². The molecule has 0 N–H and O–H groups in total. The number of hydrogen-bond donors (Lipinski definition) is 0. The largest absolute Gasteiger partial charge is 0.494 e. The first-order chi connectivity index (χ1) is 16.0. The molecule has 0 unspecified atom stereocenters. The molecule has 1 amide bonds. The van der Waals surface area contributed by atoms with Gasteiger partial charge in [-0.1, -0.05) is 12.1 Å². The Morgan fingerprint density at radius 3 is 2.45 bits per heavy atom. The number of rotatable bonds is 7. The van der Waals surface area contributed by atoms with Crippen LogP contribution in [-0.4, -0.2) is 50.3 Å². The molecular formula is C27H31NO5. The molecule has 4 rings (SSSR count). The van der Waals surface area contributed by atoms with E-state index in [1.54, 1.807) is 12.3 Å². The van der Waals surface area contributed by atoms with Crippen LogP contribution in [0.3, 0.4) is 0 Å². The van der Waals surface area contributed by atoms with Crippen LogP contribution in [0, 0.1) is 6.92 Å². The van der Waals surface area contributed by atoms with Gasteiger partial charge in [0.1, 0.15) is 17.1 Å². The summed E-state index contributed by atoms with van der Waals surface area (Å²) in [5.74, 6) is 1.58. The first-order valence-electron chi connectivity index (χ1n) is 11.5. The number of benzene rings is 2. The summed E-state index contributed by atoms with van der Waals surface area (Å²) in [5.41, 5.74) is 5.51. The number of ether oxygens (including phenoxy) is 3. The molecule has 1 aromatic heterocycles. The molecule has 174 valence electrons. The Morgan fingerprint density at radius 2 is 1.79 bits per heavy atom. The Hall–Kier alpha value is -3.25. The SMILES string of the molecule is CCOc1ccc(-c2coc3c(C)c(OCC)c(/C(C)=C/C(=O)N4CCOCC4)cc23)cc1. The van der Waals surface area contributed by atoms with E-state index in [1.165, 1.54) is 0 Å². The number of allylic oxidation sites excluding steroid dienone is 1. The van der Waals surface area contributed by atoms with Crippen LogP contribution in [0.1, 0.15) is 31.9 Å². The number of morpholine rings is 1. The van der Waals surface area contributed by atoms with Gasteiger partial charge in [0, 0.05) is 41.2 Å². The Morgan fingerprint density at radius 1 is 1.09 bits per heavy atom. The second-order valence-corrected chi connectivity index (χ2v) is 8.06. The molecule has 0 saturated carbocycles. The number of nitrogens with zero attached hydrogens (tertiary/aromatic N) is 1. The molecule has 0 atom stereocenters. The summed E-state index contributed by atoms with van der Waals surface area (Å²) in [6.45, 7) is 11.4. The molecule has 2 aromatic carbocycles. The normalized spacial score (nSPS) is 14.5. The van der Waals surface area contributed by atoms with Crippen LogP contribution >= 0.6 is 0 Å². The maximum atomic E-state index is 12.8. The maximum Gasteiger partial charge on any atom is 0.247 e. The summed E-state index contributed by atoms with van der Waals surface area (Å²) in [5, 5.41) is 0.988. The molecule has 0 bridgehead atoms. The molecule has 0 aliphatic carbocycles. The fraction of sp³-hybridized carbons (Fsp3) is 0.370. The lowest BCUT2D eigenvalue weighted by atomic mass is 9.96. The Labute approximate surface area is 194 Å². The van der Waals surface area contributed by atoms with Crippen molar-refractivity contribution in [3.8, 4) is 22.6 Å². The van der Waals surface area contributed by atoms with Crippen LogP contribution in [0.5, 0.6) is 11.5 Å². The first kappa shape index (κ1) is 22.9. The minimum absolute atomic E-state index is 0.00470. The van der Waals surface area contributed by atoms with Crippen molar-refractivity contribution in [1.29, 1.82) is 0 Å². The molecule has 2 heterocycles. The first-order valence-corrected chi connectivity index (χ1v) is 11.5. The van der Waals surface area contributed by atoms with Crippen molar-refractivity contribution in [2.24, 2.45) is 0 Å². The van der Waals surface area contributed by atoms with E-state index in [1.807, 2.05) is 56.9 Å². The minimum atomic E-state index is -0.00470. The summed E-state index contributed by atoms with van der Waals surface area (Å²) in [4.78, 5) is 14.7. The number of aryl methyl sites for hydroxylation is 1. The average Bonchev–Trinajstić information content (AvgIpc) is 3.26. The Bertz CT molecular complexity index is 1150. The highest BCUT2D eigenvalue weighted by atomic mass is 16.5. The van der Waals surface area contributed by atoms with E-state index in [9.17, 15) is 4.79 Å². The van der Waals surface area contributed by atoms with Gasteiger partial charge in [0.15, 0.2) is 0 Å². The lowest BCUT2D eigenvalue weighted by Crippen LogP contribution is -2.39. The highest BCUT2D eigenvalue weighted by molar-refractivity contribution is 6.01. The van der Waals surface area contributed by atoms with Gasteiger partial charge in [-0.2, -0.15) is 0 Å². The van der Waals surface area contributed by atoms with E-state index in [2.05, 4.69) is 6.07 Å². The monoisotopic (exact) mass is 449 g/mol. The topological polar surface area (TPSA) is 61.1 Å². The van der Waals surface area contributed by atoms with Gasteiger partial charge in [-0.3, -0.25) is 4.79 Å². The lowest BCUT2D eigenvalue weighted by molar-refractivity contribution is -0.129. The quantitative estimate of drug-likeness (QED) is 0.448. The highest BCUT2D eigenvalue weighted by Gasteiger charge is 2.21. The van der Waals surface area contributed by atoms with E-state index in [4.69, 9.17) is 18.6 Å². The van der Waals surface area contributed by atoms with Crippen LogP contribution < -0.4 is 9.47 Å². The van der Waals surface area contributed by atoms with Gasteiger partial charge < -0.3 is 23.5 Å². The molecule has 6 nitrogen and oxygen atoms in total. The van der Waals surface area contributed by atoms with Gasteiger partial charge >= 0.3 is 0 Å². The number of amides is 1. The smallest absolute Gasteiger partial charge is 0.247 e. The van der Waals surface area contributed by atoms with Gasteiger partial charge in [0.2, 0.25) is 5.91 Å². The fourth-order valence-electron chi connectivity index (χ4n) is 4.20.